The standard InChI is InChI=1S/C19H13F2NO3/c20-19(21)25-16-9-7-14(8-10-16)17(23)18(24)15-6-3-5-13(12-15)4-1-2-11-22/h3,5-7,9,12,19H,1-2,4H2. The van der Waals surface area contributed by atoms with E-state index in [1.807, 2.05) is 12.1 Å². The average Bonchev–Trinajstić information content (AvgIpc) is 2.61. The minimum absolute atomic E-state index is 0.0819. The molecule has 0 atom stereocenters. The molecule has 2 aromatic carbocycles. The molecule has 0 aliphatic heterocycles. The van der Waals surface area contributed by atoms with Crippen molar-refractivity contribution in [3.63, 3.8) is 0 Å². The quantitative estimate of drug-likeness (QED) is 0.416. The van der Waals surface area contributed by atoms with Crippen LogP contribution in [0.3, 0.4) is 0 Å². The maximum absolute atomic E-state index is 12.3. The van der Waals surface area contributed by atoms with Crippen LogP contribution in [0.5, 0.6) is 5.75 Å². The van der Waals surface area contributed by atoms with Crippen molar-refractivity contribution in [3.05, 3.63) is 65.2 Å². The number of aryl methyl sites for hydroxylation is 1. The maximum atomic E-state index is 12.3. The van der Waals surface area contributed by atoms with Crippen LogP contribution in [0.4, 0.5) is 8.78 Å². The van der Waals surface area contributed by atoms with Gasteiger partial charge in [0.2, 0.25) is 11.6 Å². The average molecular weight is 341 g/mol. The Morgan fingerprint density at radius 1 is 1.16 bits per heavy atom. The van der Waals surface area contributed by atoms with Crippen LogP contribution in [-0.4, -0.2) is 18.2 Å². The third-order valence-electron chi connectivity index (χ3n) is 3.33. The van der Waals surface area contributed by atoms with E-state index in [9.17, 15) is 18.4 Å². The minimum Gasteiger partial charge on any atom is -0.426 e. The van der Waals surface area contributed by atoms with E-state index in [1.54, 1.807) is 12.1 Å². The first kappa shape index (κ1) is 18.1. The van der Waals surface area contributed by atoms with Gasteiger partial charge in [-0.2, -0.15) is 14.0 Å². The number of carbonyl (C=O) groups is 2. The normalized spacial score (nSPS) is 10.0. The van der Waals surface area contributed by atoms with Crippen LogP contribution in [0.25, 0.3) is 0 Å². The smallest absolute Gasteiger partial charge is 0.388 e. The molecule has 0 heterocycles. The van der Waals surface area contributed by atoms with Crippen molar-refractivity contribution in [1.82, 2.24) is 0 Å². The largest absolute Gasteiger partial charge is 0.426 e. The molecule has 2 aromatic rings. The van der Waals surface area contributed by atoms with Crippen LogP contribution in [0.15, 0.2) is 36.4 Å². The Balaban J connectivity index is 2.10. The summed E-state index contributed by atoms with van der Waals surface area (Å²) in [5.41, 5.74) is 0.993. The van der Waals surface area contributed by atoms with E-state index in [-0.39, 0.29) is 16.9 Å². The maximum Gasteiger partial charge on any atom is 0.388 e. The van der Waals surface area contributed by atoms with Crippen molar-refractivity contribution in [2.24, 2.45) is 0 Å². The summed E-state index contributed by atoms with van der Waals surface area (Å²) in [5, 5.41) is 8.55. The molecular formula is C19H13F2NO3. The molecule has 0 aromatic heterocycles. The summed E-state index contributed by atoms with van der Waals surface area (Å²) in [4.78, 5) is 24.5. The highest BCUT2D eigenvalue weighted by atomic mass is 19.3. The van der Waals surface area contributed by atoms with Gasteiger partial charge in [-0.25, -0.2) is 0 Å². The van der Waals surface area contributed by atoms with Crippen molar-refractivity contribution in [1.29, 1.82) is 5.26 Å². The van der Waals surface area contributed by atoms with Crippen molar-refractivity contribution in [2.75, 3.05) is 0 Å². The number of hydrogen-bond donors (Lipinski definition) is 0. The highest BCUT2D eigenvalue weighted by Crippen LogP contribution is 2.14. The lowest BCUT2D eigenvalue weighted by molar-refractivity contribution is -0.0498. The molecule has 6 heteroatoms. The first-order valence-electron chi connectivity index (χ1n) is 7.45. The van der Waals surface area contributed by atoms with Crippen LogP contribution in [0.1, 0.15) is 39.1 Å². The summed E-state index contributed by atoms with van der Waals surface area (Å²) in [6.45, 7) is -3.00. The number of rotatable bonds is 8. The fourth-order valence-electron chi connectivity index (χ4n) is 2.16. The number of ketones is 2. The highest BCUT2D eigenvalue weighted by Gasteiger charge is 2.19. The molecule has 0 saturated heterocycles. The summed E-state index contributed by atoms with van der Waals surface area (Å²) < 4.78 is 28.3. The molecule has 126 valence electrons. The molecule has 2 rings (SSSR count). The van der Waals surface area contributed by atoms with Crippen LogP contribution >= 0.6 is 0 Å². The zero-order valence-corrected chi connectivity index (χ0v) is 13.1. The lowest BCUT2D eigenvalue weighted by Crippen LogP contribution is -2.14. The zero-order chi connectivity index (χ0) is 18.2. The Morgan fingerprint density at radius 2 is 1.96 bits per heavy atom. The molecule has 0 aliphatic carbocycles. The molecule has 4 nitrogen and oxygen atoms in total. The monoisotopic (exact) mass is 341 g/mol. The topological polar surface area (TPSA) is 67.2 Å². The number of nitrogens with zero attached hydrogens (tertiary/aromatic N) is 1. The van der Waals surface area contributed by atoms with Gasteiger partial charge in [-0.3, -0.25) is 9.59 Å². The minimum atomic E-state index is -3.00. The number of ether oxygens (including phenoxy) is 1. The third kappa shape index (κ3) is 5.12. The van der Waals surface area contributed by atoms with Crippen molar-refractivity contribution in [3.8, 4) is 11.8 Å². The Hall–Kier alpha value is -3.25. The van der Waals surface area contributed by atoms with Crippen LogP contribution in [0, 0.1) is 23.5 Å². The number of Topliss-reactive ketones (excluding diaryl/α,β-unsaturated/α-hetero) is 2. The molecule has 25 heavy (non-hydrogen) atoms. The molecule has 0 N–H and O–H groups in total. The molecular weight excluding hydrogens is 328 g/mol. The van der Waals surface area contributed by atoms with Gasteiger partial charge in [0.15, 0.2) is 5.75 Å². The van der Waals surface area contributed by atoms with Crippen LogP contribution < -0.4 is 4.74 Å². The van der Waals surface area contributed by atoms with Crippen molar-refractivity contribution in [2.45, 2.75) is 25.9 Å². The van der Waals surface area contributed by atoms with Gasteiger partial charge >= 0.3 is 6.61 Å². The number of unbranched alkanes of at least 4 members (excludes halogenated alkanes) is 1. The van der Waals surface area contributed by atoms with Crippen molar-refractivity contribution < 1.29 is 23.1 Å². The van der Waals surface area contributed by atoms with E-state index in [1.165, 1.54) is 12.1 Å². The van der Waals surface area contributed by atoms with E-state index in [4.69, 9.17) is 5.26 Å². The Labute approximate surface area is 143 Å². The molecule has 0 bridgehead atoms. The predicted molar refractivity (Wildman–Crippen MR) is 84.4 cm³/mol. The Morgan fingerprint density at radius 3 is 2.60 bits per heavy atom. The third-order valence-corrected chi connectivity index (χ3v) is 3.33. The second-order valence-electron chi connectivity index (χ2n) is 5.11. The van der Waals surface area contributed by atoms with Gasteiger partial charge in [0, 0.05) is 12.0 Å². The first-order valence-corrected chi connectivity index (χ1v) is 7.45. The Bertz CT molecular complexity index is 795. The van der Waals surface area contributed by atoms with E-state index in [2.05, 4.69) is 16.9 Å². The molecule has 0 amide bonds. The number of nitriles is 1. The molecule has 0 fully saturated rings. The fraction of sp³-hybridized carbons (Fsp3) is 0.211. The second kappa shape index (κ2) is 8.56. The summed E-state index contributed by atoms with van der Waals surface area (Å²) >= 11 is 0. The second-order valence-corrected chi connectivity index (χ2v) is 5.11. The number of carbonyl (C=O) groups excluding carboxylic acids is 2. The SMILES string of the molecule is N#CCCCc1cccc(C(=O)C(=O)c2c#cc(OC(F)F)cc2)c1. The number of hydrogen-bond acceptors (Lipinski definition) is 4. The lowest BCUT2D eigenvalue weighted by atomic mass is 9.99. The van der Waals surface area contributed by atoms with Crippen LogP contribution in [0.2, 0.25) is 0 Å². The van der Waals surface area contributed by atoms with Gasteiger partial charge < -0.3 is 4.74 Å². The van der Waals surface area contributed by atoms with E-state index in [0.717, 1.165) is 11.6 Å². The summed E-state index contributed by atoms with van der Waals surface area (Å²) in [6, 6.07) is 15.6. The highest BCUT2D eigenvalue weighted by molar-refractivity contribution is 6.49. The van der Waals surface area contributed by atoms with Gasteiger partial charge in [0.1, 0.15) is 0 Å². The van der Waals surface area contributed by atoms with Gasteiger partial charge in [0.05, 0.1) is 11.6 Å². The van der Waals surface area contributed by atoms with E-state index < -0.39 is 18.2 Å². The van der Waals surface area contributed by atoms with Crippen LogP contribution in [-0.2, 0) is 6.42 Å². The van der Waals surface area contributed by atoms with Gasteiger partial charge in [-0.05, 0) is 42.7 Å². The summed E-state index contributed by atoms with van der Waals surface area (Å²) in [5.74, 6) is -1.80. The van der Waals surface area contributed by atoms with E-state index >= 15 is 0 Å². The van der Waals surface area contributed by atoms with Gasteiger partial charge in [-0.1, -0.05) is 24.3 Å². The number of alkyl halides is 2. The molecule has 0 aliphatic rings. The zero-order valence-electron chi connectivity index (χ0n) is 13.1. The number of halogens is 2. The Kier molecular flexibility index (Phi) is 6.20. The molecule has 0 radical (unpaired) electrons. The van der Waals surface area contributed by atoms with Crippen molar-refractivity contribution >= 4 is 11.6 Å². The summed E-state index contributed by atoms with van der Waals surface area (Å²) in [6.07, 6.45) is 1.70. The molecule has 0 unspecified atom stereocenters. The molecule has 0 saturated carbocycles. The molecule has 0 spiro atoms. The van der Waals surface area contributed by atoms with Gasteiger partial charge in [-0.15, -0.1) is 0 Å². The van der Waals surface area contributed by atoms with E-state index in [0.29, 0.717) is 19.3 Å². The summed E-state index contributed by atoms with van der Waals surface area (Å²) in [7, 11) is 0. The first-order chi connectivity index (χ1) is 12.0. The fourth-order valence-corrected chi connectivity index (χ4v) is 2.16. The lowest BCUT2D eigenvalue weighted by Gasteiger charge is -2.04. The van der Waals surface area contributed by atoms with Gasteiger partial charge in [0.25, 0.3) is 0 Å². The number of benzene rings is 1. The predicted octanol–water partition coefficient (Wildman–Crippen LogP) is 3.80.